The monoisotopic (exact) mass is 422 g/mol. The van der Waals surface area contributed by atoms with Crippen molar-refractivity contribution < 1.29 is 4.79 Å². The Morgan fingerprint density at radius 1 is 1.37 bits per heavy atom. The fraction of sp³-hybridized carbons (Fsp3) is 0.200. The van der Waals surface area contributed by atoms with Crippen molar-refractivity contribution in [2.75, 3.05) is 16.5 Å². The number of aromatic nitrogens is 5. The van der Waals surface area contributed by atoms with E-state index in [1.54, 1.807) is 18.3 Å². The van der Waals surface area contributed by atoms with Crippen LogP contribution in [0.15, 0.2) is 34.5 Å². The number of hydrazone groups is 1. The van der Waals surface area contributed by atoms with Crippen molar-refractivity contribution in [3.05, 3.63) is 39.9 Å². The second-order valence-corrected chi connectivity index (χ2v) is 7.52. The third kappa shape index (κ3) is 6.01. The van der Waals surface area contributed by atoms with Crippen molar-refractivity contribution in [3.63, 3.8) is 0 Å². The topological polar surface area (TPSA) is 121 Å². The number of nitrogens with one attached hydrogen (secondary N) is 3. The normalized spacial score (nSPS) is 11.0. The molecule has 3 aromatic rings. The summed E-state index contributed by atoms with van der Waals surface area (Å²) >= 11 is 8.39. The van der Waals surface area contributed by atoms with Crippen LogP contribution in [-0.4, -0.2) is 43.3 Å². The fourth-order valence-electron chi connectivity index (χ4n) is 1.81. The summed E-state index contributed by atoms with van der Waals surface area (Å²) < 4.78 is 0. The van der Waals surface area contributed by atoms with Gasteiger partial charge >= 0.3 is 0 Å². The van der Waals surface area contributed by atoms with Crippen molar-refractivity contribution in [2.24, 2.45) is 5.10 Å². The van der Waals surface area contributed by atoms with E-state index in [4.69, 9.17) is 11.6 Å². The Labute approximate surface area is 168 Å². The SMILES string of the molecule is CCc1nnc(NC(=O)CSc2n[nH]c(N/N=C/c3ccc(Cl)cc3)n2)s1. The lowest BCUT2D eigenvalue weighted by Gasteiger charge is -1.98. The Kier molecular flexibility index (Phi) is 6.74. The van der Waals surface area contributed by atoms with Crippen molar-refractivity contribution in [3.8, 4) is 0 Å². The smallest absolute Gasteiger partial charge is 0.240 e. The molecule has 0 aliphatic rings. The standard InChI is InChI=1S/C15H15ClN8OS2/c1-2-12-20-24-15(27-12)18-11(25)8-26-14-19-13(22-23-14)21-17-7-9-3-5-10(16)6-4-9/h3-7H,2,8H2,1H3,(H,18,24,25)(H2,19,21,22,23)/b17-7+. The third-order valence-electron chi connectivity index (χ3n) is 3.07. The van der Waals surface area contributed by atoms with E-state index in [0.29, 0.717) is 21.3 Å². The van der Waals surface area contributed by atoms with Crippen LogP contribution in [-0.2, 0) is 11.2 Å². The van der Waals surface area contributed by atoms with E-state index in [2.05, 4.69) is 41.2 Å². The Morgan fingerprint density at radius 2 is 2.19 bits per heavy atom. The van der Waals surface area contributed by atoms with Gasteiger partial charge in [-0.3, -0.25) is 10.1 Å². The van der Waals surface area contributed by atoms with Crippen molar-refractivity contribution in [1.29, 1.82) is 0 Å². The predicted molar refractivity (Wildman–Crippen MR) is 108 cm³/mol. The lowest BCUT2D eigenvalue weighted by atomic mass is 10.2. The zero-order valence-electron chi connectivity index (χ0n) is 14.1. The molecular formula is C15H15ClN8OS2. The van der Waals surface area contributed by atoms with Gasteiger partial charge in [-0.2, -0.15) is 10.1 Å². The molecule has 0 fully saturated rings. The molecule has 3 N–H and O–H groups in total. The highest BCUT2D eigenvalue weighted by Gasteiger charge is 2.10. The van der Waals surface area contributed by atoms with Gasteiger partial charge in [0.1, 0.15) is 5.01 Å². The van der Waals surface area contributed by atoms with Crippen LogP contribution in [0, 0.1) is 0 Å². The zero-order valence-corrected chi connectivity index (χ0v) is 16.5. The van der Waals surface area contributed by atoms with E-state index in [0.717, 1.165) is 17.0 Å². The first-order chi connectivity index (χ1) is 13.1. The number of benzene rings is 1. The first-order valence-corrected chi connectivity index (χ1v) is 10.0. The van der Waals surface area contributed by atoms with E-state index in [1.807, 2.05) is 19.1 Å². The highest BCUT2D eigenvalue weighted by atomic mass is 35.5. The molecule has 1 aromatic carbocycles. The fourth-order valence-corrected chi connectivity index (χ4v) is 3.23. The third-order valence-corrected chi connectivity index (χ3v) is 5.15. The molecule has 0 aliphatic heterocycles. The van der Waals surface area contributed by atoms with E-state index < -0.39 is 0 Å². The molecule has 9 nitrogen and oxygen atoms in total. The quantitative estimate of drug-likeness (QED) is 0.290. The minimum atomic E-state index is -0.195. The lowest BCUT2D eigenvalue weighted by molar-refractivity contribution is -0.113. The van der Waals surface area contributed by atoms with Crippen LogP contribution in [0.25, 0.3) is 0 Å². The highest BCUT2D eigenvalue weighted by molar-refractivity contribution is 7.99. The molecule has 1 amide bonds. The van der Waals surface area contributed by atoms with E-state index >= 15 is 0 Å². The maximum atomic E-state index is 11.9. The molecule has 0 atom stereocenters. The summed E-state index contributed by atoms with van der Waals surface area (Å²) in [5.74, 6) is 0.338. The second kappa shape index (κ2) is 9.44. The first-order valence-electron chi connectivity index (χ1n) is 7.84. The predicted octanol–water partition coefficient (Wildman–Crippen LogP) is 3.05. The number of rotatable bonds is 8. The summed E-state index contributed by atoms with van der Waals surface area (Å²) in [6, 6.07) is 7.24. The van der Waals surface area contributed by atoms with Crippen LogP contribution in [0.2, 0.25) is 5.02 Å². The van der Waals surface area contributed by atoms with Gasteiger partial charge in [0, 0.05) is 5.02 Å². The number of hydrogen-bond donors (Lipinski definition) is 3. The summed E-state index contributed by atoms with van der Waals surface area (Å²) in [5.41, 5.74) is 3.63. The number of carbonyl (C=O) groups excluding carboxylic acids is 1. The molecule has 0 bridgehead atoms. The van der Waals surface area contributed by atoms with Crippen LogP contribution >= 0.6 is 34.7 Å². The van der Waals surface area contributed by atoms with Gasteiger partial charge in [0.25, 0.3) is 0 Å². The summed E-state index contributed by atoms with van der Waals surface area (Å²) in [6.45, 7) is 1.98. The molecule has 0 unspecified atom stereocenters. The van der Waals surface area contributed by atoms with Gasteiger partial charge in [0.15, 0.2) is 0 Å². The minimum absolute atomic E-state index is 0.159. The number of aromatic amines is 1. The number of carbonyl (C=O) groups is 1. The molecular weight excluding hydrogens is 408 g/mol. The average molecular weight is 423 g/mol. The Morgan fingerprint density at radius 3 is 2.93 bits per heavy atom. The summed E-state index contributed by atoms with van der Waals surface area (Å²) in [7, 11) is 0. The average Bonchev–Trinajstić information content (AvgIpc) is 3.31. The largest absolute Gasteiger partial charge is 0.300 e. The number of halogens is 1. The molecule has 0 radical (unpaired) electrons. The highest BCUT2D eigenvalue weighted by Crippen LogP contribution is 2.18. The van der Waals surface area contributed by atoms with Crippen LogP contribution in [0.3, 0.4) is 0 Å². The van der Waals surface area contributed by atoms with E-state index in [9.17, 15) is 4.79 Å². The van der Waals surface area contributed by atoms with Crippen LogP contribution in [0.5, 0.6) is 0 Å². The molecule has 0 saturated heterocycles. The summed E-state index contributed by atoms with van der Waals surface area (Å²) in [4.78, 5) is 16.1. The van der Waals surface area contributed by atoms with Crippen molar-refractivity contribution in [2.45, 2.75) is 18.5 Å². The molecule has 12 heteroatoms. The van der Waals surface area contributed by atoms with Crippen LogP contribution in [0.4, 0.5) is 11.1 Å². The summed E-state index contributed by atoms with van der Waals surface area (Å²) in [5, 5.41) is 23.8. The number of thioether (sulfide) groups is 1. The first kappa shape index (κ1) is 19.3. The van der Waals surface area contributed by atoms with Gasteiger partial charge in [-0.15, -0.1) is 15.3 Å². The Bertz CT molecular complexity index is 924. The zero-order chi connectivity index (χ0) is 19.1. The minimum Gasteiger partial charge on any atom is -0.300 e. The van der Waals surface area contributed by atoms with Gasteiger partial charge in [-0.25, -0.2) is 10.5 Å². The van der Waals surface area contributed by atoms with Crippen molar-refractivity contribution >= 4 is 57.9 Å². The van der Waals surface area contributed by atoms with Crippen LogP contribution < -0.4 is 10.7 Å². The molecule has 2 aromatic heterocycles. The Hall–Kier alpha value is -2.50. The number of amides is 1. The number of hydrogen-bond acceptors (Lipinski definition) is 9. The van der Waals surface area contributed by atoms with Gasteiger partial charge in [-0.05, 0) is 24.1 Å². The van der Waals surface area contributed by atoms with Gasteiger partial charge in [0.2, 0.25) is 22.1 Å². The second-order valence-electron chi connectivity index (χ2n) is 5.08. The van der Waals surface area contributed by atoms with Gasteiger partial charge in [-0.1, -0.05) is 53.8 Å². The maximum Gasteiger partial charge on any atom is 0.240 e. The molecule has 0 aliphatic carbocycles. The number of H-pyrrole nitrogens is 1. The molecule has 140 valence electrons. The van der Waals surface area contributed by atoms with Gasteiger partial charge in [0.05, 0.1) is 12.0 Å². The number of nitrogens with zero attached hydrogens (tertiary/aromatic N) is 5. The number of aryl methyl sites for hydroxylation is 1. The number of anilines is 2. The van der Waals surface area contributed by atoms with Crippen molar-refractivity contribution in [1.82, 2.24) is 25.4 Å². The summed E-state index contributed by atoms with van der Waals surface area (Å²) in [6.07, 6.45) is 2.42. The molecule has 0 saturated carbocycles. The Balaban J connectivity index is 1.44. The lowest BCUT2D eigenvalue weighted by Crippen LogP contribution is -2.13. The molecule has 3 rings (SSSR count). The maximum absolute atomic E-state index is 11.9. The van der Waals surface area contributed by atoms with Gasteiger partial charge < -0.3 is 0 Å². The molecule has 0 spiro atoms. The molecule has 2 heterocycles. The molecule has 27 heavy (non-hydrogen) atoms. The van der Waals surface area contributed by atoms with E-state index in [1.165, 1.54) is 23.1 Å². The van der Waals surface area contributed by atoms with E-state index in [-0.39, 0.29) is 11.7 Å². The van der Waals surface area contributed by atoms with Crippen LogP contribution in [0.1, 0.15) is 17.5 Å².